The fourth-order valence-electron chi connectivity index (χ4n) is 3.11. The summed E-state index contributed by atoms with van der Waals surface area (Å²) in [6.45, 7) is 3.69. The standard InChI is InChI=1S/C16H21N3O2/c1-11-8-9-17-15(11)16(21)18-12-5-2-3-6-13(12)19-10-4-7-14(19)20/h2-3,5-6,11,15,17H,4,7-10H2,1H3,(H,18,21). The van der Waals surface area contributed by atoms with Crippen molar-refractivity contribution in [3.05, 3.63) is 24.3 Å². The molecule has 112 valence electrons. The third kappa shape index (κ3) is 2.78. The maximum Gasteiger partial charge on any atom is 0.241 e. The highest BCUT2D eigenvalue weighted by molar-refractivity contribution is 6.03. The zero-order valence-corrected chi connectivity index (χ0v) is 12.3. The molecule has 0 aliphatic carbocycles. The van der Waals surface area contributed by atoms with E-state index in [2.05, 4.69) is 17.6 Å². The minimum absolute atomic E-state index is 0.0147. The van der Waals surface area contributed by atoms with Gasteiger partial charge in [0.25, 0.3) is 0 Å². The van der Waals surface area contributed by atoms with Crippen LogP contribution < -0.4 is 15.5 Å². The highest BCUT2D eigenvalue weighted by atomic mass is 16.2. The lowest BCUT2D eigenvalue weighted by Crippen LogP contribution is -2.39. The van der Waals surface area contributed by atoms with Crippen molar-refractivity contribution in [2.45, 2.75) is 32.2 Å². The molecule has 2 atom stereocenters. The lowest BCUT2D eigenvalue weighted by Gasteiger charge is -2.22. The van der Waals surface area contributed by atoms with Crippen LogP contribution in [-0.4, -0.2) is 30.9 Å². The fourth-order valence-corrected chi connectivity index (χ4v) is 3.11. The van der Waals surface area contributed by atoms with E-state index in [1.54, 1.807) is 4.90 Å². The van der Waals surface area contributed by atoms with Gasteiger partial charge < -0.3 is 15.5 Å². The Labute approximate surface area is 124 Å². The van der Waals surface area contributed by atoms with E-state index < -0.39 is 0 Å². The Morgan fingerprint density at radius 2 is 2.19 bits per heavy atom. The lowest BCUT2D eigenvalue weighted by atomic mass is 10.0. The second-order valence-electron chi connectivity index (χ2n) is 5.85. The summed E-state index contributed by atoms with van der Waals surface area (Å²) in [5.41, 5.74) is 1.53. The predicted molar refractivity (Wildman–Crippen MR) is 82.2 cm³/mol. The number of anilines is 2. The number of nitrogens with one attached hydrogen (secondary N) is 2. The normalized spacial score (nSPS) is 25.4. The van der Waals surface area contributed by atoms with Crippen LogP contribution in [0.5, 0.6) is 0 Å². The summed E-state index contributed by atoms with van der Waals surface area (Å²) >= 11 is 0. The van der Waals surface area contributed by atoms with Gasteiger partial charge in [-0.25, -0.2) is 0 Å². The van der Waals surface area contributed by atoms with Gasteiger partial charge in [0.05, 0.1) is 17.4 Å². The average Bonchev–Trinajstić information content (AvgIpc) is 3.08. The van der Waals surface area contributed by atoms with E-state index in [1.165, 1.54) is 0 Å². The van der Waals surface area contributed by atoms with Crippen LogP contribution in [0.4, 0.5) is 11.4 Å². The largest absolute Gasteiger partial charge is 0.323 e. The summed E-state index contributed by atoms with van der Waals surface area (Å²) in [4.78, 5) is 26.1. The van der Waals surface area contributed by atoms with E-state index in [1.807, 2.05) is 24.3 Å². The van der Waals surface area contributed by atoms with Gasteiger partial charge >= 0.3 is 0 Å². The molecular weight excluding hydrogens is 266 g/mol. The number of hydrogen-bond donors (Lipinski definition) is 2. The number of rotatable bonds is 3. The van der Waals surface area contributed by atoms with Crippen molar-refractivity contribution in [2.75, 3.05) is 23.3 Å². The van der Waals surface area contributed by atoms with Crippen LogP contribution in [0, 0.1) is 5.92 Å². The summed E-state index contributed by atoms with van der Waals surface area (Å²) in [6, 6.07) is 7.38. The Bertz CT molecular complexity index is 558. The predicted octanol–water partition coefficient (Wildman–Crippen LogP) is 1.75. The van der Waals surface area contributed by atoms with Gasteiger partial charge in [-0.05, 0) is 37.4 Å². The number of benzene rings is 1. The van der Waals surface area contributed by atoms with Crippen molar-refractivity contribution < 1.29 is 9.59 Å². The molecule has 1 aromatic carbocycles. The Balaban J connectivity index is 1.79. The molecule has 1 aromatic rings. The van der Waals surface area contributed by atoms with Crippen molar-refractivity contribution in [2.24, 2.45) is 5.92 Å². The minimum atomic E-state index is -0.146. The molecule has 5 heteroatoms. The van der Waals surface area contributed by atoms with Crippen LogP contribution in [0.3, 0.4) is 0 Å². The number of hydrogen-bond acceptors (Lipinski definition) is 3. The van der Waals surface area contributed by atoms with E-state index in [-0.39, 0.29) is 17.9 Å². The van der Waals surface area contributed by atoms with Crippen LogP contribution in [-0.2, 0) is 9.59 Å². The van der Waals surface area contributed by atoms with Crippen LogP contribution in [0.25, 0.3) is 0 Å². The van der Waals surface area contributed by atoms with Gasteiger partial charge in [0.15, 0.2) is 0 Å². The van der Waals surface area contributed by atoms with Gasteiger partial charge in [0.1, 0.15) is 0 Å². The fraction of sp³-hybridized carbons (Fsp3) is 0.500. The summed E-state index contributed by atoms with van der Waals surface area (Å²) in [5, 5.41) is 6.22. The van der Waals surface area contributed by atoms with Crippen molar-refractivity contribution in [3.8, 4) is 0 Å². The summed E-state index contributed by atoms with van der Waals surface area (Å²) in [6.07, 6.45) is 2.48. The van der Waals surface area contributed by atoms with Crippen molar-refractivity contribution in [1.82, 2.24) is 5.32 Å². The summed E-state index contributed by atoms with van der Waals surface area (Å²) in [5.74, 6) is 0.453. The quantitative estimate of drug-likeness (QED) is 0.890. The highest BCUT2D eigenvalue weighted by Crippen LogP contribution is 2.30. The number of carbonyl (C=O) groups excluding carboxylic acids is 2. The van der Waals surface area contributed by atoms with E-state index >= 15 is 0 Å². The molecule has 5 nitrogen and oxygen atoms in total. The van der Waals surface area contributed by atoms with E-state index in [9.17, 15) is 9.59 Å². The number of nitrogens with zero attached hydrogens (tertiary/aromatic N) is 1. The number of carbonyl (C=O) groups is 2. The summed E-state index contributed by atoms with van der Waals surface area (Å²) < 4.78 is 0. The lowest BCUT2D eigenvalue weighted by molar-refractivity contribution is -0.119. The molecule has 0 bridgehead atoms. The first-order chi connectivity index (χ1) is 10.2. The van der Waals surface area contributed by atoms with Crippen molar-refractivity contribution in [3.63, 3.8) is 0 Å². The Hall–Kier alpha value is -1.88. The van der Waals surface area contributed by atoms with Crippen LogP contribution in [0.15, 0.2) is 24.3 Å². The molecule has 0 spiro atoms. The third-order valence-corrected chi connectivity index (χ3v) is 4.34. The molecular formula is C16H21N3O2. The topological polar surface area (TPSA) is 61.4 Å². The Kier molecular flexibility index (Phi) is 3.92. The Morgan fingerprint density at radius 1 is 1.38 bits per heavy atom. The monoisotopic (exact) mass is 287 g/mol. The third-order valence-electron chi connectivity index (χ3n) is 4.34. The molecule has 21 heavy (non-hydrogen) atoms. The maximum atomic E-state index is 12.4. The molecule has 2 heterocycles. The molecule has 0 aromatic heterocycles. The Morgan fingerprint density at radius 3 is 2.86 bits per heavy atom. The zero-order valence-electron chi connectivity index (χ0n) is 12.3. The molecule has 2 aliphatic heterocycles. The molecule has 0 saturated carbocycles. The average molecular weight is 287 g/mol. The molecule has 3 rings (SSSR count). The van der Waals surface area contributed by atoms with Gasteiger partial charge in [-0.15, -0.1) is 0 Å². The SMILES string of the molecule is CC1CCNC1C(=O)Nc1ccccc1N1CCCC1=O. The van der Waals surface area contributed by atoms with Gasteiger partial charge in [-0.2, -0.15) is 0 Å². The minimum Gasteiger partial charge on any atom is -0.323 e. The van der Waals surface area contributed by atoms with Gasteiger partial charge in [0, 0.05) is 13.0 Å². The molecule has 2 fully saturated rings. The molecule has 2 saturated heterocycles. The number of amides is 2. The molecule has 0 radical (unpaired) electrons. The van der Waals surface area contributed by atoms with E-state index in [4.69, 9.17) is 0 Å². The van der Waals surface area contributed by atoms with Gasteiger partial charge in [-0.1, -0.05) is 19.1 Å². The highest BCUT2D eigenvalue weighted by Gasteiger charge is 2.30. The van der Waals surface area contributed by atoms with Gasteiger partial charge in [-0.3, -0.25) is 9.59 Å². The molecule has 2 unspecified atom stereocenters. The van der Waals surface area contributed by atoms with Crippen LogP contribution in [0.2, 0.25) is 0 Å². The van der Waals surface area contributed by atoms with E-state index in [0.717, 1.165) is 37.3 Å². The maximum absolute atomic E-state index is 12.4. The van der Waals surface area contributed by atoms with Gasteiger partial charge in [0.2, 0.25) is 11.8 Å². The first kappa shape index (κ1) is 14.1. The first-order valence-electron chi connectivity index (χ1n) is 7.60. The van der Waals surface area contributed by atoms with Crippen LogP contribution >= 0.6 is 0 Å². The molecule has 2 aliphatic rings. The first-order valence-corrected chi connectivity index (χ1v) is 7.60. The smallest absolute Gasteiger partial charge is 0.241 e. The zero-order chi connectivity index (χ0) is 14.8. The second kappa shape index (κ2) is 5.85. The number of para-hydroxylation sites is 2. The summed E-state index contributed by atoms with van der Waals surface area (Å²) in [7, 11) is 0. The second-order valence-corrected chi connectivity index (χ2v) is 5.85. The van der Waals surface area contributed by atoms with Crippen molar-refractivity contribution in [1.29, 1.82) is 0 Å². The van der Waals surface area contributed by atoms with E-state index in [0.29, 0.717) is 12.3 Å². The molecule has 2 N–H and O–H groups in total. The molecule has 2 amide bonds. The van der Waals surface area contributed by atoms with Crippen molar-refractivity contribution >= 4 is 23.2 Å². The van der Waals surface area contributed by atoms with Crippen LogP contribution in [0.1, 0.15) is 26.2 Å².